The molecule has 3 heterocycles. The van der Waals surface area contributed by atoms with Crippen LogP contribution in [0.1, 0.15) is 28.8 Å². The third-order valence-electron chi connectivity index (χ3n) is 3.87. The van der Waals surface area contributed by atoms with Crippen molar-refractivity contribution in [3.63, 3.8) is 0 Å². The van der Waals surface area contributed by atoms with E-state index in [1.807, 2.05) is 30.3 Å². The molecule has 1 N–H and O–H groups in total. The van der Waals surface area contributed by atoms with E-state index in [9.17, 15) is 4.79 Å². The normalized spacial score (nSPS) is 10.9. The average Bonchev–Trinajstić information content (AvgIpc) is 3.43. The minimum absolute atomic E-state index is 0.302. The van der Waals surface area contributed by atoms with Gasteiger partial charge in [0.25, 0.3) is 5.91 Å². The number of aromatic nitrogens is 4. The molecule has 4 aromatic rings. The molecule has 136 valence electrons. The molecule has 7 nitrogen and oxygen atoms in total. The molecule has 0 fully saturated rings. The summed E-state index contributed by atoms with van der Waals surface area (Å²) in [6.07, 6.45) is 3.40. The highest BCUT2D eigenvalue weighted by Crippen LogP contribution is 2.24. The maximum Gasteiger partial charge on any atom is 0.276 e. The number of carbonyl (C=O) groups is 1. The zero-order valence-electron chi connectivity index (χ0n) is 14.6. The summed E-state index contributed by atoms with van der Waals surface area (Å²) in [5.74, 6) is 0.295. The number of nitrogens with one attached hydrogen (secondary N) is 1. The Morgan fingerprint density at radius 1 is 1.19 bits per heavy atom. The summed E-state index contributed by atoms with van der Waals surface area (Å²) >= 11 is 1.38. The summed E-state index contributed by atoms with van der Waals surface area (Å²) in [5.41, 5.74) is 1.75. The molecule has 0 spiro atoms. The van der Waals surface area contributed by atoms with E-state index in [1.54, 1.807) is 29.1 Å². The van der Waals surface area contributed by atoms with E-state index in [4.69, 9.17) is 4.42 Å². The van der Waals surface area contributed by atoms with Crippen LogP contribution in [0.25, 0.3) is 17.1 Å². The first-order valence-corrected chi connectivity index (χ1v) is 9.39. The van der Waals surface area contributed by atoms with Gasteiger partial charge >= 0.3 is 0 Å². The van der Waals surface area contributed by atoms with E-state index in [1.165, 1.54) is 11.3 Å². The number of rotatable bonds is 6. The molecule has 0 aliphatic carbocycles. The predicted molar refractivity (Wildman–Crippen MR) is 103 cm³/mol. The van der Waals surface area contributed by atoms with Gasteiger partial charge in [-0.2, -0.15) is 5.10 Å². The molecule has 8 heteroatoms. The van der Waals surface area contributed by atoms with E-state index in [2.05, 4.69) is 27.5 Å². The number of amides is 1. The van der Waals surface area contributed by atoms with Crippen LogP contribution >= 0.6 is 11.3 Å². The third kappa shape index (κ3) is 3.65. The number of carbonyl (C=O) groups excluding carboxylic acids is 1. The van der Waals surface area contributed by atoms with Crippen LogP contribution in [0.3, 0.4) is 0 Å². The van der Waals surface area contributed by atoms with E-state index >= 15 is 0 Å². The molecular weight excluding hydrogens is 362 g/mol. The Labute approximate surface area is 159 Å². The van der Waals surface area contributed by atoms with Crippen molar-refractivity contribution in [3.05, 3.63) is 65.5 Å². The largest absolute Gasteiger partial charge is 0.463 e. The van der Waals surface area contributed by atoms with Crippen LogP contribution in [0, 0.1) is 0 Å². The van der Waals surface area contributed by atoms with Crippen molar-refractivity contribution in [2.75, 3.05) is 5.32 Å². The fraction of sp³-hybridized carbons (Fsp3) is 0.158. The summed E-state index contributed by atoms with van der Waals surface area (Å²) in [6.45, 7) is 2.08. The van der Waals surface area contributed by atoms with Gasteiger partial charge in [0.05, 0.1) is 12.0 Å². The van der Waals surface area contributed by atoms with Crippen molar-refractivity contribution in [2.45, 2.75) is 19.8 Å². The Kier molecular flexibility index (Phi) is 4.80. The molecule has 1 amide bonds. The smallest absolute Gasteiger partial charge is 0.276 e. The van der Waals surface area contributed by atoms with Crippen LogP contribution in [0.15, 0.2) is 59.2 Å². The maximum absolute atomic E-state index is 12.9. The number of furan rings is 1. The van der Waals surface area contributed by atoms with Crippen LogP contribution in [0.4, 0.5) is 5.13 Å². The third-order valence-corrected chi connectivity index (χ3v) is 4.77. The van der Waals surface area contributed by atoms with Crippen molar-refractivity contribution in [1.29, 1.82) is 0 Å². The number of aryl methyl sites for hydroxylation is 1. The number of hydrogen-bond donors (Lipinski definition) is 1. The highest BCUT2D eigenvalue weighted by molar-refractivity contribution is 7.15. The Hall–Kier alpha value is -3.26. The molecule has 1 aromatic carbocycles. The maximum atomic E-state index is 12.9. The van der Waals surface area contributed by atoms with Crippen molar-refractivity contribution in [2.24, 2.45) is 0 Å². The molecule has 0 atom stereocenters. The van der Waals surface area contributed by atoms with Crippen LogP contribution < -0.4 is 5.32 Å². The van der Waals surface area contributed by atoms with Gasteiger partial charge in [-0.1, -0.05) is 36.5 Å². The number of para-hydroxylation sites is 1. The van der Waals surface area contributed by atoms with E-state index < -0.39 is 0 Å². The standard InChI is InChI=1S/C19H17N5O2S/c1-2-7-17-21-22-19(27-17)20-18(25)15-12-14(16-10-6-11-26-16)23-24(15)13-8-4-3-5-9-13/h3-6,8-12H,2,7H2,1H3,(H,20,22,25). The molecule has 0 unspecified atom stereocenters. The van der Waals surface area contributed by atoms with Gasteiger partial charge < -0.3 is 4.42 Å². The summed E-state index contributed by atoms with van der Waals surface area (Å²) in [7, 11) is 0. The molecule has 0 radical (unpaired) electrons. The van der Waals surface area contributed by atoms with Gasteiger partial charge in [-0.25, -0.2) is 4.68 Å². The Morgan fingerprint density at radius 3 is 2.78 bits per heavy atom. The van der Waals surface area contributed by atoms with Crippen molar-refractivity contribution >= 4 is 22.4 Å². The predicted octanol–water partition coefficient (Wildman–Crippen LogP) is 4.19. The van der Waals surface area contributed by atoms with Crippen molar-refractivity contribution in [1.82, 2.24) is 20.0 Å². The quantitative estimate of drug-likeness (QED) is 0.543. The summed E-state index contributed by atoms with van der Waals surface area (Å²) in [4.78, 5) is 12.9. The SMILES string of the molecule is CCCc1nnc(NC(=O)c2cc(-c3ccco3)nn2-c2ccccc2)s1. The van der Waals surface area contributed by atoms with Gasteiger partial charge in [-0.15, -0.1) is 10.2 Å². The van der Waals surface area contributed by atoms with E-state index in [-0.39, 0.29) is 5.91 Å². The van der Waals surface area contributed by atoms with E-state index in [0.29, 0.717) is 22.3 Å². The molecule has 4 rings (SSSR count). The monoisotopic (exact) mass is 379 g/mol. The van der Waals surface area contributed by atoms with Crippen LogP contribution in [0.2, 0.25) is 0 Å². The molecule has 0 saturated heterocycles. The lowest BCUT2D eigenvalue weighted by molar-refractivity contribution is 0.101. The summed E-state index contributed by atoms with van der Waals surface area (Å²) in [5, 5.41) is 16.9. The minimum Gasteiger partial charge on any atom is -0.463 e. The molecule has 27 heavy (non-hydrogen) atoms. The second-order valence-electron chi connectivity index (χ2n) is 5.84. The average molecular weight is 379 g/mol. The number of nitrogens with zero attached hydrogens (tertiary/aromatic N) is 4. The summed E-state index contributed by atoms with van der Waals surface area (Å²) < 4.78 is 7.02. The van der Waals surface area contributed by atoms with Gasteiger partial charge in [0.15, 0.2) is 5.76 Å². The number of hydrogen-bond acceptors (Lipinski definition) is 6. The Bertz CT molecular complexity index is 1040. The lowest BCUT2D eigenvalue weighted by Crippen LogP contribution is -2.16. The second kappa shape index (κ2) is 7.55. The van der Waals surface area contributed by atoms with Gasteiger partial charge in [0, 0.05) is 12.5 Å². The molecule has 0 aliphatic rings. The topological polar surface area (TPSA) is 85.8 Å². The van der Waals surface area contributed by atoms with Crippen LogP contribution in [0.5, 0.6) is 0 Å². The Balaban J connectivity index is 1.68. The molecule has 0 aliphatic heterocycles. The first-order chi connectivity index (χ1) is 13.2. The van der Waals surface area contributed by atoms with Crippen molar-refractivity contribution < 1.29 is 9.21 Å². The second-order valence-corrected chi connectivity index (χ2v) is 6.91. The molecule has 3 aromatic heterocycles. The number of anilines is 1. The zero-order valence-corrected chi connectivity index (χ0v) is 15.4. The highest BCUT2D eigenvalue weighted by Gasteiger charge is 2.20. The lowest BCUT2D eigenvalue weighted by atomic mass is 10.2. The van der Waals surface area contributed by atoms with Crippen molar-refractivity contribution in [3.8, 4) is 17.1 Å². The highest BCUT2D eigenvalue weighted by atomic mass is 32.1. The van der Waals surface area contributed by atoms with Gasteiger partial charge in [0.1, 0.15) is 16.4 Å². The lowest BCUT2D eigenvalue weighted by Gasteiger charge is -2.06. The summed E-state index contributed by atoms with van der Waals surface area (Å²) in [6, 6.07) is 14.8. The molecule has 0 saturated carbocycles. The first kappa shape index (κ1) is 17.2. The molecule has 0 bridgehead atoms. The van der Waals surface area contributed by atoms with Gasteiger partial charge in [0.2, 0.25) is 5.13 Å². The van der Waals surface area contributed by atoms with Crippen LogP contribution in [-0.2, 0) is 6.42 Å². The van der Waals surface area contributed by atoms with Gasteiger partial charge in [-0.3, -0.25) is 10.1 Å². The van der Waals surface area contributed by atoms with Gasteiger partial charge in [-0.05, 0) is 30.7 Å². The Morgan fingerprint density at radius 2 is 2.04 bits per heavy atom. The van der Waals surface area contributed by atoms with E-state index in [0.717, 1.165) is 23.5 Å². The molecular formula is C19H17N5O2S. The minimum atomic E-state index is -0.302. The zero-order chi connectivity index (χ0) is 18.6. The fourth-order valence-electron chi connectivity index (χ4n) is 2.63. The first-order valence-electron chi connectivity index (χ1n) is 8.57. The number of benzene rings is 1. The fourth-order valence-corrected chi connectivity index (χ4v) is 3.47. The van der Waals surface area contributed by atoms with Crippen LogP contribution in [-0.4, -0.2) is 25.9 Å².